The predicted octanol–water partition coefficient (Wildman–Crippen LogP) is 2.79. The van der Waals surface area contributed by atoms with Gasteiger partial charge in [0.25, 0.3) is 0 Å². The van der Waals surface area contributed by atoms with Crippen LogP contribution in [0.1, 0.15) is 32.3 Å². The van der Waals surface area contributed by atoms with E-state index in [1.54, 1.807) is 0 Å². The zero-order chi connectivity index (χ0) is 12.8. The summed E-state index contributed by atoms with van der Waals surface area (Å²) in [6.07, 6.45) is 1.74. The van der Waals surface area contributed by atoms with Crippen LogP contribution in [0.25, 0.3) is 0 Å². The third kappa shape index (κ3) is 3.93. The maximum atomic E-state index is 10.0. The number of anilines is 2. The molecule has 1 rings (SSSR count). The molecule has 4 N–H and O–H groups in total. The highest BCUT2D eigenvalue weighted by atomic mass is 16.3. The molecule has 0 saturated heterocycles. The Morgan fingerprint density at radius 2 is 1.94 bits per heavy atom. The summed E-state index contributed by atoms with van der Waals surface area (Å²) in [5.74, 6) is 0.373. The van der Waals surface area contributed by atoms with Gasteiger partial charge in [-0.05, 0) is 36.6 Å². The van der Waals surface area contributed by atoms with Crippen molar-refractivity contribution in [1.29, 1.82) is 0 Å². The molecule has 96 valence electrons. The van der Waals surface area contributed by atoms with Gasteiger partial charge in [-0.3, -0.25) is 0 Å². The Bertz CT molecular complexity index is 348. The molecule has 1 atom stereocenters. The molecule has 0 spiro atoms. The van der Waals surface area contributed by atoms with E-state index in [0.29, 0.717) is 12.5 Å². The van der Waals surface area contributed by atoms with E-state index in [1.165, 1.54) is 0 Å². The first-order valence-electron chi connectivity index (χ1n) is 6.36. The average Bonchev–Trinajstić information content (AvgIpc) is 2.32. The number of hydrogen-bond acceptors (Lipinski definition) is 3. The summed E-state index contributed by atoms with van der Waals surface area (Å²) in [5, 5.41) is 13.3. The Hall–Kier alpha value is -1.22. The van der Waals surface area contributed by atoms with Crippen molar-refractivity contribution in [3.05, 3.63) is 23.8 Å². The number of aliphatic hydroxyl groups is 1. The van der Waals surface area contributed by atoms with E-state index in [-0.39, 0.29) is 6.10 Å². The summed E-state index contributed by atoms with van der Waals surface area (Å²) in [6.45, 7) is 6.81. The van der Waals surface area contributed by atoms with Crippen LogP contribution in [0.2, 0.25) is 0 Å². The molecule has 3 nitrogen and oxygen atoms in total. The van der Waals surface area contributed by atoms with Gasteiger partial charge in [0.2, 0.25) is 0 Å². The van der Waals surface area contributed by atoms with E-state index in [9.17, 15) is 5.11 Å². The maximum Gasteiger partial charge on any atom is 0.0740 e. The predicted molar refractivity (Wildman–Crippen MR) is 74.2 cm³/mol. The van der Waals surface area contributed by atoms with Crippen LogP contribution >= 0.6 is 0 Å². The van der Waals surface area contributed by atoms with Crippen molar-refractivity contribution in [3.63, 3.8) is 0 Å². The first-order valence-corrected chi connectivity index (χ1v) is 6.36. The number of aryl methyl sites for hydroxylation is 1. The van der Waals surface area contributed by atoms with E-state index >= 15 is 0 Å². The molecule has 1 aromatic rings. The highest BCUT2D eigenvalue weighted by Crippen LogP contribution is 2.18. The molecule has 0 radical (unpaired) electrons. The fraction of sp³-hybridized carbons (Fsp3) is 0.571. The minimum Gasteiger partial charge on any atom is -0.399 e. The Labute approximate surface area is 104 Å². The SMILES string of the molecule is CCC(CC)C(O)CNc1ccc(N)c(C)c1. The van der Waals surface area contributed by atoms with Gasteiger partial charge in [0.05, 0.1) is 6.10 Å². The monoisotopic (exact) mass is 236 g/mol. The van der Waals surface area contributed by atoms with Crippen LogP contribution in [0.3, 0.4) is 0 Å². The molecule has 0 aliphatic heterocycles. The molecule has 1 unspecified atom stereocenters. The third-order valence-electron chi connectivity index (χ3n) is 3.38. The van der Waals surface area contributed by atoms with Crippen LogP contribution in [0.5, 0.6) is 0 Å². The Morgan fingerprint density at radius 1 is 1.29 bits per heavy atom. The largest absolute Gasteiger partial charge is 0.399 e. The lowest BCUT2D eigenvalue weighted by atomic mass is 9.96. The summed E-state index contributed by atoms with van der Waals surface area (Å²) < 4.78 is 0. The van der Waals surface area contributed by atoms with Gasteiger partial charge in [-0.2, -0.15) is 0 Å². The topological polar surface area (TPSA) is 58.3 Å². The number of benzene rings is 1. The average molecular weight is 236 g/mol. The summed E-state index contributed by atoms with van der Waals surface area (Å²) in [7, 11) is 0. The van der Waals surface area contributed by atoms with Gasteiger partial charge in [-0.15, -0.1) is 0 Å². The third-order valence-corrected chi connectivity index (χ3v) is 3.38. The maximum absolute atomic E-state index is 10.0. The smallest absolute Gasteiger partial charge is 0.0740 e. The van der Waals surface area contributed by atoms with Gasteiger partial charge in [0.15, 0.2) is 0 Å². The molecule has 0 amide bonds. The molecule has 0 aliphatic carbocycles. The summed E-state index contributed by atoms with van der Waals surface area (Å²) in [5.41, 5.74) is 8.64. The second-order valence-electron chi connectivity index (χ2n) is 4.60. The van der Waals surface area contributed by atoms with Crippen LogP contribution in [-0.2, 0) is 0 Å². The lowest BCUT2D eigenvalue weighted by molar-refractivity contribution is 0.114. The fourth-order valence-electron chi connectivity index (χ4n) is 2.01. The zero-order valence-electron chi connectivity index (χ0n) is 11.0. The van der Waals surface area contributed by atoms with E-state index in [1.807, 2.05) is 25.1 Å². The van der Waals surface area contributed by atoms with Gasteiger partial charge in [0.1, 0.15) is 0 Å². The van der Waals surface area contributed by atoms with E-state index in [0.717, 1.165) is 29.8 Å². The molecule has 0 aliphatic rings. The van der Waals surface area contributed by atoms with Gasteiger partial charge in [-0.1, -0.05) is 26.7 Å². The minimum absolute atomic E-state index is 0.289. The lowest BCUT2D eigenvalue weighted by Gasteiger charge is -2.21. The minimum atomic E-state index is -0.289. The molecule has 1 aromatic carbocycles. The van der Waals surface area contributed by atoms with E-state index < -0.39 is 0 Å². The van der Waals surface area contributed by atoms with Crippen molar-refractivity contribution in [2.45, 2.75) is 39.7 Å². The van der Waals surface area contributed by atoms with Crippen LogP contribution in [-0.4, -0.2) is 17.8 Å². The second kappa shape index (κ2) is 6.50. The molecule has 17 heavy (non-hydrogen) atoms. The molecule has 3 heteroatoms. The highest BCUT2D eigenvalue weighted by Gasteiger charge is 2.14. The zero-order valence-corrected chi connectivity index (χ0v) is 11.0. The van der Waals surface area contributed by atoms with Gasteiger partial charge in [-0.25, -0.2) is 0 Å². The Morgan fingerprint density at radius 3 is 2.47 bits per heavy atom. The lowest BCUT2D eigenvalue weighted by Crippen LogP contribution is -2.27. The normalized spacial score (nSPS) is 12.8. The number of hydrogen-bond donors (Lipinski definition) is 3. The molecule has 0 bridgehead atoms. The van der Waals surface area contributed by atoms with Crippen LogP contribution in [0.4, 0.5) is 11.4 Å². The van der Waals surface area contributed by atoms with Crippen LogP contribution in [0.15, 0.2) is 18.2 Å². The van der Waals surface area contributed by atoms with Crippen LogP contribution < -0.4 is 11.1 Å². The number of nitrogens with two attached hydrogens (primary N) is 1. The molecule has 0 fully saturated rings. The van der Waals surface area contributed by atoms with Crippen molar-refractivity contribution >= 4 is 11.4 Å². The quantitative estimate of drug-likeness (QED) is 0.666. The first-order chi connectivity index (χ1) is 8.08. The van der Waals surface area contributed by atoms with Crippen molar-refractivity contribution in [2.75, 3.05) is 17.6 Å². The molecular formula is C14H24N2O. The molecular weight excluding hydrogens is 212 g/mol. The highest BCUT2D eigenvalue weighted by molar-refractivity contribution is 5.56. The number of aliphatic hydroxyl groups excluding tert-OH is 1. The van der Waals surface area contributed by atoms with E-state index in [2.05, 4.69) is 19.2 Å². The first kappa shape index (κ1) is 13.8. The second-order valence-corrected chi connectivity index (χ2v) is 4.60. The van der Waals surface area contributed by atoms with Gasteiger partial charge < -0.3 is 16.2 Å². The summed E-state index contributed by atoms with van der Waals surface area (Å²) >= 11 is 0. The van der Waals surface area contributed by atoms with Gasteiger partial charge in [0, 0.05) is 17.9 Å². The van der Waals surface area contributed by atoms with Crippen LogP contribution in [0, 0.1) is 12.8 Å². The fourth-order valence-corrected chi connectivity index (χ4v) is 2.01. The number of rotatable bonds is 6. The molecule has 0 heterocycles. The van der Waals surface area contributed by atoms with Crippen molar-refractivity contribution in [3.8, 4) is 0 Å². The van der Waals surface area contributed by atoms with Crippen molar-refractivity contribution < 1.29 is 5.11 Å². The Kier molecular flexibility index (Phi) is 5.29. The van der Waals surface area contributed by atoms with Crippen molar-refractivity contribution in [1.82, 2.24) is 0 Å². The van der Waals surface area contributed by atoms with E-state index in [4.69, 9.17) is 5.73 Å². The Balaban J connectivity index is 2.52. The number of nitrogen functional groups attached to an aromatic ring is 1. The molecule has 0 saturated carbocycles. The van der Waals surface area contributed by atoms with Crippen molar-refractivity contribution in [2.24, 2.45) is 5.92 Å². The standard InChI is InChI=1S/C14H24N2O/c1-4-11(5-2)14(17)9-16-12-6-7-13(15)10(3)8-12/h6-8,11,14,16-17H,4-5,9,15H2,1-3H3. The molecule has 0 aromatic heterocycles. The summed E-state index contributed by atoms with van der Waals surface area (Å²) in [4.78, 5) is 0. The van der Waals surface area contributed by atoms with Gasteiger partial charge >= 0.3 is 0 Å². The summed E-state index contributed by atoms with van der Waals surface area (Å²) in [6, 6.07) is 5.85. The number of nitrogens with one attached hydrogen (secondary N) is 1.